The molecule has 2 aliphatic rings. The van der Waals surface area contributed by atoms with Crippen LogP contribution in [0.4, 0.5) is 0 Å². The van der Waals surface area contributed by atoms with Crippen LogP contribution in [0.2, 0.25) is 0 Å². The summed E-state index contributed by atoms with van der Waals surface area (Å²) in [6, 6.07) is 10.8. The zero-order valence-electron chi connectivity index (χ0n) is 13.3. The number of carbonyl (C=O) groups excluding carboxylic acids is 1. The minimum atomic E-state index is 0.0388. The molecule has 0 radical (unpaired) electrons. The number of rotatable bonds is 2. The van der Waals surface area contributed by atoms with E-state index in [9.17, 15) is 4.79 Å². The molecule has 1 aromatic carbocycles. The molecule has 1 aromatic heterocycles. The summed E-state index contributed by atoms with van der Waals surface area (Å²) >= 11 is 0. The van der Waals surface area contributed by atoms with Gasteiger partial charge in [0.05, 0.1) is 0 Å². The molecule has 3 heterocycles. The third-order valence-electron chi connectivity index (χ3n) is 4.93. The maximum absolute atomic E-state index is 13.1. The molecule has 1 amide bonds. The summed E-state index contributed by atoms with van der Waals surface area (Å²) in [7, 11) is 0. The zero-order chi connectivity index (χ0) is 15.8. The van der Waals surface area contributed by atoms with E-state index in [1.165, 1.54) is 6.42 Å². The molecule has 0 spiro atoms. The Labute approximate surface area is 135 Å². The molecule has 2 atom stereocenters. The Morgan fingerprint density at radius 3 is 2.83 bits per heavy atom. The van der Waals surface area contributed by atoms with Crippen molar-refractivity contribution in [2.75, 3.05) is 13.1 Å². The lowest BCUT2D eigenvalue weighted by atomic mass is 10.0. The van der Waals surface area contributed by atoms with Crippen molar-refractivity contribution in [2.24, 2.45) is 0 Å². The van der Waals surface area contributed by atoms with Gasteiger partial charge < -0.3 is 14.7 Å². The lowest BCUT2D eigenvalue weighted by Gasteiger charge is -2.24. The number of hydrogen-bond acceptors (Lipinski definition) is 4. The summed E-state index contributed by atoms with van der Waals surface area (Å²) < 4.78 is 5.34. The van der Waals surface area contributed by atoms with Crippen LogP contribution in [0.15, 0.2) is 34.9 Å². The van der Waals surface area contributed by atoms with Crippen molar-refractivity contribution in [1.29, 1.82) is 0 Å². The Hall–Kier alpha value is -2.14. The molecular weight excluding hydrogens is 290 g/mol. The van der Waals surface area contributed by atoms with Crippen LogP contribution in [0, 0.1) is 6.92 Å². The number of nitrogens with zero attached hydrogens (tertiary/aromatic N) is 2. The van der Waals surface area contributed by atoms with E-state index < -0.39 is 0 Å². The first-order chi connectivity index (χ1) is 11.2. The van der Waals surface area contributed by atoms with E-state index >= 15 is 0 Å². The van der Waals surface area contributed by atoms with Gasteiger partial charge in [0.15, 0.2) is 0 Å². The summed E-state index contributed by atoms with van der Waals surface area (Å²) in [4.78, 5) is 15.1. The maximum Gasteiger partial charge on any atom is 0.259 e. The third kappa shape index (κ3) is 2.65. The summed E-state index contributed by atoms with van der Waals surface area (Å²) in [5, 5.41) is 7.75. The topological polar surface area (TPSA) is 58.4 Å². The molecule has 120 valence electrons. The zero-order valence-corrected chi connectivity index (χ0v) is 13.3. The van der Waals surface area contributed by atoms with Crippen LogP contribution >= 0.6 is 0 Å². The second kappa shape index (κ2) is 5.81. The molecule has 2 fully saturated rings. The van der Waals surface area contributed by atoms with Crippen molar-refractivity contribution in [3.63, 3.8) is 0 Å². The van der Waals surface area contributed by atoms with E-state index in [4.69, 9.17) is 4.52 Å². The Morgan fingerprint density at radius 1 is 1.22 bits per heavy atom. The average molecular weight is 311 g/mol. The number of likely N-dealkylation sites (tertiary alicyclic amines) is 1. The van der Waals surface area contributed by atoms with Crippen LogP contribution in [0.25, 0.3) is 11.3 Å². The molecule has 5 heteroatoms. The van der Waals surface area contributed by atoms with Gasteiger partial charge in [-0.3, -0.25) is 4.79 Å². The van der Waals surface area contributed by atoms with Crippen LogP contribution in [0.1, 0.15) is 35.4 Å². The first-order valence-corrected chi connectivity index (χ1v) is 8.29. The lowest BCUT2D eigenvalue weighted by molar-refractivity contribution is 0.0747. The van der Waals surface area contributed by atoms with Crippen molar-refractivity contribution in [2.45, 2.75) is 38.3 Å². The Morgan fingerprint density at radius 2 is 2.00 bits per heavy atom. The van der Waals surface area contributed by atoms with Gasteiger partial charge in [0.2, 0.25) is 0 Å². The largest absolute Gasteiger partial charge is 0.360 e. The lowest BCUT2D eigenvalue weighted by Crippen LogP contribution is -2.39. The molecule has 5 nitrogen and oxygen atoms in total. The van der Waals surface area contributed by atoms with Gasteiger partial charge in [0.1, 0.15) is 17.0 Å². The van der Waals surface area contributed by atoms with E-state index in [1.54, 1.807) is 0 Å². The van der Waals surface area contributed by atoms with Gasteiger partial charge in [-0.1, -0.05) is 35.5 Å². The van der Waals surface area contributed by atoms with Crippen molar-refractivity contribution in [1.82, 2.24) is 15.4 Å². The summed E-state index contributed by atoms with van der Waals surface area (Å²) in [5.41, 5.74) is 2.17. The number of fused-ring (bicyclic) bond motifs is 2. The molecule has 2 aliphatic heterocycles. The summed E-state index contributed by atoms with van der Waals surface area (Å²) in [5.74, 6) is 0.633. The van der Waals surface area contributed by atoms with Gasteiger partial charge in [-0.25, -0.2) is 0 Å². The van der Waals surface area contributed by atoms with Gasteiger partial charge in [-0.15, -0.1) is 0 Å². The second-order valence-corrected chi connectivity index (χ2v) is 6.51. The number of amides is 1. The van der Waals surface area contributed by atoms with Crippen molar-refractivity contribution in [3.05, 3.63) is 41.7 Å². The number of aromatic nitrogens is 1. The van der Waals surface area contributed by atoms with Crippen molar-refractivity contribution >= 4 is 5.91 Å². The van der Waals surface area contributed by atoms with Crippen molar-refractivity contribution < 1.29 is 9.32 Å². The predicted octanol–water partition coefficient (Wildman–Crippen LogP) is 2.62. The van der Waals surface area contributed by atoms with Gasteiger partial charge >= 0.3 is 0 Å². The quantitative estimate of drug-likeness (QED) is 0.926. The van der Waals surface area contributed by atoms with E-state index in [1.807, 2.05) is 42.2 Å². The maximum atomic E-state index is 13.1. The highest BCUT2D eigenvalue weighted by Gasteiger charge is 2.33. The molecule has 2 unspecified atom stereocenters. The number of hydrogen-bond donors (Lipinski definition) is 1. The van der Waals surface area contributed by atoms with E-state index in [0.717, 1.165) is 31.5 Å². The third-order valence-corrected chi connectivity index (χ3v) is 4.93. The minimum Gasteiger partial charge on any atom is -0.360 e. The fourth-order valence-electron chi connectivity index (χ4n) is 3.70. The van der Waals surface area contributed by atoms with Crippen LogP contribution < -0.4 is 5.32 Å². The van der Waals surface area contributed by atoms with Crippen molar-refractivity contribution in [3.8, 4) is 11.3 Å². The smallest absolute Gasteiger partial charge is 0.259 e. The highest BCUT2D eigenvalue weighted by Crippen LogP contribution is 2.28. The van der Waals surface area contributed by atoms with E-state index in [0.29, 0.717) is 29.1 Å². The van der Waals surface area contributed by atoms with Crippen LogP contribution in [0.3, 0.4) is 0 Å². The highest BCUT2D eigenvalue weighted by molar-refractivity contribution is 6.00. The van der Waals surface area contributed by atoms with Crippen LogP contribution in [0.5, 0.6) is 0 Å². The first kappa shape index (κ1) is 14.5. The SMILES string of the molecule is Cc1onc(-c2ccccc2)c1C(=O)N1CCC2CCC(C1)N2. The molecule has 2 aromatic rings. The van der Waals surface area contributed by atoms with Crippen LogP contribution in [-0.2, 0) is 0 Å². The highest BCUT2D eigenvalue weighted by atomic mass is 16.5. The Kier molecular flexibility index (Phi) is 3.65. The van der Waals surface area contributed by atoms with Gasteiger partial charge in [0, 0.05) is 30.7 Å². The molecule has 4 rings (SSSR count). The second-order valence-electron chi connectivity index (χ2n) is 6.51. The molecule has 23 heavy (non-hydrogen) atoms. The predicted molar refractivity (Wildman–Crippen MR) is 87.1 cm³/mol. The number of aryl methyl sites for hydroxylation is 1. The molecular formula is C18H21N3O2. The minimum absolute atomic E-state index is 0.0388. The van der Waals surface area contributed by atoms with E-state index in [2.05, 4.69) is 10.5 Å². The molecule has 0 aliphatic carbocycles. The summed E-state index contributed by atoms with van der Waals surface area (Å²) in [6.45, 7) is 3.38. The first-order valence-electron chi connectivity index (χ1n) is 8.29. The standard InChI is InChI=1S/C18H21N3O2/c1-12-16(17(20-23-12)13-5-3-2-4-6-13)18(22)21-10-9-14-7-8-15(11-21)19-14/h2-6,14-15,19H,7-11H2,1H3. The fraction of sp³-hybridized carbons (Fsp3) is 0.444. The molecule has 1 N–H and O–H groups in total. The van der Waals surface area contributed by atoms with Crippen LogP contribution in [-0.4, -0.2) is 41.1 Å². The Balaban J connectivity index is 1.65. The molecule has 2 saturated heterocycles. The normalized spacial score (nSPS) is 23.8. The molecule has 2 bridgehead atoms. The van der Waals surface area contributed by atoms with E-state index in [-0.39, 0.29) is 5.91 Å². The Bertz CT molecular complexity index is 710. The van der Waals surface area contributed by atoms with Gasteiger partial charge in [0.25, 0.3) is 5.91 Å². The van der Waals surface area contributed by atoms with Gasteiger partial charge in [-0.2, -0.15) is 0 Å². The average Bonchev–Trinajstić information content (AvgIpc) is 3.10. The number of nitrogens with one attached hydrogen (secondary N) is 1. The molecule has 0 saturated carbocycles. The number of benzene rings is 1. The number of carbonyl (C=O) groups is 1. The monoisotopic (exact) mass is 311 g/mol. The fourth-order valence-corrected chi connectivity index (χ4v) is 3.70. The van der Waals surface area contributed by atoms with Gasteiger partial charge in [-0.05, 0) is 26.2 Å². The summed E-state index contributed by atoms with van der Waals surface area (Å²) in [6.07, 6.45) is 3.41.